The van der Waals surface area contributed by atoms with Crippen molar-refractivity contribution in [1.29, 1.82) is 0 Å². The molecule has 0 saturated heterocycles. The number of hydrogen-bond acceptors (Lipinski definition) is 3. The van der Waals surface area contributed by atoms with Crippen LogP contribution in [0.2, 0.25) is 0 Å². The van der Waals surface area contributed by atoms with Crippen LogP contribution in [-0.2, 0) is 14.6 Å². The summed E-state index contributed by atoms with van der Waals surface area (Å²) in [5.74, 6) is -0.179. The van der Waals surface area contributed by atoms with Gasteiger partial charge in [-0.2, -0.15) is 4.89 Å². The molecule has 0 radical (unpaired) electrons. The van der Waals surface area contributed by atoms with Crippen molar-refractivity contribution in [2.24, 2.45) is 5.41 Å². The molecule has 0 bridgehead atoms. The molecular weight excluding hydrogens is 240 g/mol. The number of carbonyl (C=O) groups is 1. The van der Waals surface area contributed by atoms with Crippen molar-refractivity contribution in [3.63, 3.8) is 0 Å². The van der Waals surface area contributed by atoms with Crippen molar-refractivity contribution in [2.75, 3.05) is 6.61 Å². The van der Waals surface area contributed by atoms with Crippen molar-refractivity contribution in [2.45, 2.75) is 85.5 Å². The minimum atomic E-state index is -0.348. The molecule has 0 aliphatic rings. The van der Waals surface area contributed by atoms with Gasteiger partial charge in [-0.05, 0) is 25.7 Å². The third-order valence-corrected chi connectivity index (χ3v) is 4.01. The van der Waals surface area contributed by atoms with Crippen LogP contribution in [0.15, 0.2) is 0 Å². The summed E-state index contributed by atoms with van der Waals surface area (Å²) in [4.78, 5) is 22.3. The number of carbonyl (C=O) groups excluding carboxylic acids is 1. The lowest BCUT2D eigenvalue weighted by Gasteiger charge is -2.28. The standard InChI is InChI=1S/C16H32O3/c1-5-9-11-12-14-18-19-15(17)16(7-3,8-4)13-10-6-2/h5-14H2,1-4H3. The van der Waals surface area contributed by atoms with Crippen LogP contribution in [0, 0.1) is 5.41 Å². The van der Waals surface area contributed by atoms with Gasteiger partial charge in [-0.25, -0.2) is 4.79 Å². The molecule has 0 rings (SSSR count). The van der Waals surface area contributed by atoms with Crippen LogP contribution >= 0.6 is 0 Å². The summed E-state index contributed by atoms with van der Waals surface area (Å²) in [5.41, 5.74) is -0.348. The minimum absolute atomic E-state index is 0.179. The van der Waals surface area contributed by atoms with Crippen molar-refractivity contribution in [3.05, 3.63) is 0 Å². The summed E-state index contributed by atoms with van der Waals surface area (Å²) in [6.45, 7) is 8.95. The maximum atomic E-state index is 12.2. The third-order valence-electron chi connectivity index (χ3n) is 4.01. The summed E-state index contributed by atoms with van der Waals surface area (Å²) in [6, 6.07) is 0. The second-order valence-corrected chi connectivity index (χ2v) is 5.34. The molecule has 0 aliphatic carbocycles. The maximum Gasteiger partial charge on any atom is 0.348 e. The van der Waals surface area contributed by atoms with Gasteiger partial charge >= 0.3 is 5.97 Å². The number of unbranched alkanes of at least 4 members (excludes halogenated alkanes) is 4. The normalized spacial score (nSPS) is 11.6. The fourth-order valence-corrected chi connectivity index (χ4v) is 2.28. The molecule has 3 heteroatoms. The van der Waals surface area contributed by atoms with E-state index in [1.165, 1.54) is 12.8 Å². The highest BCUT2D eigenvalue weighted by Crippen LogP contribution is 2.34. The van der Waals surface area contributed by atoms with Gasteiger partial charge in [-0.3, -0.25) is 4.89 Å². The zero-order valence-corrected chi connectivity index (χ0v) is 13.3. The van der Waals surface area contributed by atoms with E-state index in [4.69, 9.17) is 9.78 Å². The van der Waals surface area contributed by atoms with Gasteiger partial charge in [0, 0.05) is 0 Å². The molecule has 0 aromatic rings. The van der Waals surface area contributed by atoms with Gasteiger partial charge in [-0.15, -0.1) is 0 Å². The molecule has 0 N–H and O–H groups in total. The quantitative estimate of drug-likeness (QED) is 0.284. The van der Waals surface area contributed by atoms with Crippen LogP contribution in [0.3, 0.4) is 0 Å². The molecule has 0 atom stereocenters. The van der Waals surface area contributed by atoms with E-state index < -0.39 is 0 Å². The molecule has 0 aromatic carbocycles. The predicted octanol–water partition coefficient (Wildman–Crippen LogP) is 5.04. The van der Waals surface area contributed by atoms with Crippen molar-refractivity contribution in [1.82, 2.24) is 0 Å². The molecule has 0 heterocycles. The first-order chi connectivity index (χ1) is 9.16. The van der Waals surface area contributed by atoms with Gasteiger partial charge in [0.05, 0.1) is 12.0 Å². The molecule has 19 heavy (non-hydrogen) atoms. The average Bonchev–Trinajstić information content (AvgIpc) is 2.44. The van der Waals surface area contributed by atoms with Crippen LogP contribution in [-0.4, -0.2) is 12.6 Å². The predicted molar refractivity (Wildman–Crippen MR) is 78.7 cm³/mol. The molecule has 0 aromatic heterocycles. The van der Waals surface area contributed by atoms with Crippen LogP contribution in [0.25, 0.3) is 0 Å². The van der Waals surface area contributed by atoms with E-state index in [9.17, 15) is 4.79 Å². The number of hydrogen-bond donors (Lipinski definition) is 0. The number of rotatable bonds is 12. The van der Waals surface area contributed by atoms with Crippen LogP contribution in [0.5, 0.6) is 0 Å². The largest absolute Gasteiger partial charge is 0.348 e. The highest BCUT2D eigenvalue weighted by atomic mass is 17.2. The van der Waals surface area contributed by atoms with Gasteiger partial charge in [-0.1, -0.05) is 59.8 Å². The first kappa shape index (κ1) is 18.4. The zero-order chi connectivity index (χ0) is 14.6. The summed E-state index contributed by atoms with van der Waals surface area (Å²) in [6.07, 6.45) is 9.21. The maximum absolute atomic E-state index is 12.2. The SMILES string of the molecule is CCCCCCOOC(=O)C(CC)(CC)CCCC. The molecule has 0 aliphatic heterocycles. The van der Waals surface area contributed by atoms with E-state index >= 15 is 0 Å². The van der Waals surface area contributed by atoms with Crippen molar-refractivity contribution >= 4 is 5.97 Å². The van der Waals surface area contributed by atoms with E-state index in [2.05, 4.69) is 27.7 Å². The Balaban J connectivity index is 4.04. The summed E-state index contributed by atoms with van der Waals surface area (Å²) >= 11 is 0. The van der Waals surface area contributed by atoms with Gasteiger partial charge in [0.25, 0.3) is 0 Å². The lowest BCUT2D eigenvalue weighted by atomic mass is 9.78. The smallest absolute Gasteiger partial charge is 0.298 e. The van der Waals surface area contributed by atoms with Gasteiger partial charge in [0.15, 0.2) is 0 Å². The van der Waals surface area contributed by atoms with Crippen LogP contribution in [0.1, 0.15) is 85.5 Å². The Morgan fingerprint density at radius 1 is 0.895 bits per heavy atom. The van der Waals surface area contributed by atoms with E-state index in [1.54, 1.807) is 0 Å². The molecular formula is C16H32O3. The topological polar surface area (TPSA) is 35.5 Å². The van der Waals surface area contributed by atoms with E-state index in [1.807, 2.05) is 0 Å². The van der Waals surface area contributed by atoms with Crippen LogP contribution in [0.4, 0.5) is 0 Å². The van der Waals surface area contributed by atoms with E-state index in [-0.39, 0.29) is 11.4 Å². The highest BCUT2D eigenvalue weighted by Gasteiger charge is 2.36. The molecule has 3 nitrogen and oxygen atoms in total. The molecule has 0 saturated carbocycles. The van der Waals surface area contributed by atoms with Crippen molar-refractivity contribution < 1.29 is 14.6 Å². The third kappa shape index (κ3) is 6.95. The lowest BCUT2D eigenvalue weighted by molar-refractivity contribution is -0.282. The Hall–Kier alpha value is -0.570. The molecule has 0 amide bonds. The summed E-state index contributed by atoms with van der Waals surface area (Å²) < 4.78 is 0. The van der Waals surface area contributed by atoms with Crippen molar-refractivity contribution in [3.8, 4) is 0 Å². The highest BCUT2D eigenvalue weighted by molar-refractivity contribution is 5.76. The van der Waals surface area contributed by atoms with E-state index in [0.29, 0.717) is 6.61 Å². The van der Waals surface area contributed by atoms with E-state index in [0.717, 1.165) is 44.9 Å². The first-order valence-electron chi connectivity index (χ1n) is 8.00. The molecule has 0 spiro atoms. The fourth-order valence-electron chi connectivity index (χ4n) is 2.28. The minimum Gasteiger partial charge on any atom is -0.298 e. The molecule has 0 fully saturated rings. The summed E-state index contributed by atoms with van der Waals surface area (Å²) in [7, 11) is 0. The van der Waals surface area contributed by atoms with Crippen LogP contribution < -0.4 is 0 Å². The summed E-state index contributed by atoms with van der Waals surface area (Å²) in [5, 5.41) is 0. The van der Waals surface area contributed by atoms with Gasteiger partial charge in [0.2, 0.25) is 0 Å². The molecule has 114 valence electrons. The Labute approximate surface area is 119 Å². The average molecular weight is 272 g/mol. The fraction of sp³-hybridized carbons (Fsp3) is 0.938. The Morgan fingerprint density at radius 2 is 1.53 bits per heavy atom. The van der Waals surface area contributed by atoms with Gasteiger partial charge < -0.3 is 0 Å². The molecule has 0 unspecified atom stereocenters. The Kier molecular flexibility index (Phi) is 10.9. The Bertz CT molecular complexity index is 222. The second kappa shape index (κ2) is 11.3. The second-order valence-electron chi connectivity index (χ2n) is 5.34. The first-order valence-corrected chi connectivity index (χ1v) is 8.00. The zero-order valence-electron chi connectivity index (χ0n) is 13.3. The lowest BCUT2D eigenvalue weighted by Crippen LogP contribution is -2.32. The Morgan fingerprint density at radius 3 is 2.05 bits per heavy atom. The monoisotopic (exact) mass is 272 g/mol. The van der Waals surface area contributed by atoms with Gasteiger partial charge in [0.1, 0.15) is 0 Å².